The van der Waals surface area contributed by atoms with Crippen molar-refractivity contribution in [2.45, 2.75) is 26.2 Å². The first-order valence-electron chi connectivity index (χ1n) is 9.93. The summed E-state index contributed by atoms with van der Waals surface area (Å²) >= 11 is 0. The van der Waals surface area contributed by atoms with Crippen LogP contribution in [-0.2, 0) is 11.2 Å². The van der Waals surface area contributed by atoms with E-state index in [0.717, 1.165) is 53.0 Å². The number of anilines is 2. The predicted molar refractivity (Wildman–Crippen MR) is 116 cm³/mol. The van der Waals surface area contributed by atoms with Crippen LogP contribution >= 0.6 is 0 Å². The highest BCUT2D eigenvalue weighted by molar-refractivity contribution is 5.95. The maximum atomic E-state index is 12.0. The Hall–Kier alpha value is -3.47. The van der Waals surface area contributed by atoms with Gasteiger partial charge in [0, 0.05) is 54.2 Å². The fourth-order valence-electron chi connectivity index (χ4n) is 4.29. The quantitative estimate of drug-likeness (QED) is 0.725. The summed E-state index contributed by atoms with van der Waals surface area (Å²) in [7, 11) is 0. The molecule has 29 heavy (non-hydrogen) atoms. The largest absolute Gasteiger partial charge is 0.383 e. The highest BCUT2D eigenvalue weighted by Crippen LogP contribution is 2.37. The number of nitrogens with zero attached hydrogens (tertiary/aromatic N) is 3. The molecule has 3 aromatic rings. The van der Waals surface area contributed by atoms with Crippen molar-refractivity contribution in [3.8, 4) is 22.3 Å². The molecule has 0 spiro atoms. The van der Waals surface area contributed by atoms with Crippen LogP contribution in [0.3, 0.4) is 0 Å². The molecule has 0 saturated carbocycles. The molecular formula is C24H22N4O. The number of amides is 1. The molecule has 0 bridgehead atoms. The lowest BCUT2D eigenvalue weighted by Crippen LogP contribution is -2.23. The molecule has 2 aromatic heterocycles. The number of rotatable bonds is 3. The highest BCUT2D eigenvalue weighted by Gasteiger charge is 2.22. The van der Waals surface area contributed by atoms with E-state index in [1.165, 1.54) is 11.1 Å². The average Bonchev–Trinajstić information content (AvgIpc) is 3.34. The van der Waals surface area contributed by atoms with Gasteiger partial charge in [0.1, 0.15) is 5.82 Å². The van der Waals surface area contributed by atoms with Crippen LogP contribution in [-0.4, -0.2) is 22.4 Å². The summed E-state index contributed by atoms with van der Waals surface area (Å²) in [5.74, 6) is 0.688. The van der Waals surface area contributed by atoms with E-state index in [-0.39, 0.29) is 5.91 Å². The van der Waals surface area contributed by atoms with Crippen LogP contribution in [0.15, 0.2) is 54.9 Å². The van der Waals surface area contributed by atoms with Crippen LogP contribution in [0.4, 0.5) is 11.5 Å². The number of fused-ring (bicyclic) bond motifs is 1. The summed E-state index contributed by atoms with van der Waals surface area (Å²) in [4.78, 5) is 22.8. The maximum Gasteiger partial charge on any atom is 0.227 e. The van der Waals surface area contributed by atoms with Gasteiger partial charge in [-0.15, -0.1) is 0 Å². The number of carbonyl (C=O) groups is 1. The van der Waals surface area contributed by atoms with E-state index in [2.05, 4.69) is 29.0 Å². The van der Waals surface area contributed by atoms with E-state index in [0.29, 0.717) is 12.2 Å². The smallest absolute Gasteiger partial charge is 0.227 e. The lowest BCUT2D eigenvalue weighted by atomic mass is 9.96. The van der Waals surface area contributed by atoms with Gasteiger partial charge in [-0.2, -0.15) is 0 Å². The van der Waals surface area contributed by atoms with Gasteiger partial charge in [0.25, 0.3) is 0 Å². The van der Waals surface area contributed by atoms with Crippen molar-refractivity contribution in [1.82, 2.24) is 9.97 Å². The number of nitrogens with two attached hydrogens (primary N) is 1. The van der Waals surface area contributed by atoms with E-state index >= 15 is 0 Å². The summed E-state index contributed by atoms with van der Waals surface area (Å²) in [6.07, 6.45) is 8.33. The van der Waals surface area contributed by atoms with E-state index < -0.39 is 0 Å². The molecule has 0 radical (unpaired) electrons. The molecule has 1 fully saturated rings. The summed E-state index contributed by atoms with van der Waals surface area (Å²) in [6.45, 7) is 2.92. The lowest BCUT2D eigenvalue weighted by Gasteiger charge is -2.16. The second-order valence-electron chi connectivity index (χ2n) is 7.62. The number of hydrogen-bond donors (Lipinski definition) is 1. The van der Waals surface area contributed by atoms with Gasteiger partial charge in [0.05, 0.1) is 5.69 Å². The Kier molecular flexibility index (Phi) is 4.16. The number of hydrogen-bond acceptors (Lipinski definition) is 4. The molecule has 0 atom stereocenters. The minimum absolute atomic E-state index is 0.191. The van der Waals surface area contributed by atoms with Crippen LogP contribution in [0, 0.1) is 0 Å². The van der Waals surface area contributed by atoms with Crippen LogP contribution in [0.5, 0.6) is 0 Å². The number of allylic oxidation sites excluding steroid dienone is 2. The van der Waals surface area contributed by atoms with Gasteiger partial charge in [-0.3, -0.25) is 9.78 Å². The second-order valence-corrected chi connectivity index (χ2v) is 7.62. The number of aromatic nitrogens is 2. The van der Waals surface area contributed by atoms with Crippen molar-refractivity contribution in [2.24, 2.45) is 0 Å². The highest BCUT2D eigenvalue weighted by atomic mass is 16.2. The number of nitrogen functional groups attached to an aromatic ring is 1. The third-order valence-corrected chi connectivity index (χ3v) is 5.82. The Bertz CT molecular complexity index is 1150. The zero-order valence-corrected chi connectivity index (χ0v) is 16.4. The molecule has 5 rings (SSSR count). The molecule has 3 heterocycles. The Morgan fingerprint density at radius 2 is 1.86 bits per heavy atom. The fourth-order valence-corrected chi connectivity index (χ4v) is 4.29. The van der Waals surface area contributed by atoms with Gasteiger partial charge in [-0.05, 0) is 54.3 Å². The van der Waals surface area contributed by atoms with Crippen LogP contribution < -0.4 is 10.6 Å². The van der Waals surface area contributed by atoms with Crippen LogP contribution in [0.1, 0.15) is 31.0 Å². The SMILES string of the molecule is CC1=CCc2nccc(-c3cnc(N)c(-c4ccc(N5CCCC5=O)cc4)c3)c21. The molecule has 1 aliphatic heterocycles. The van der Waals surface area contributed by atoms with Gasteiger partial charge >= 0.3 is 0 Å². The molecule has 5 nitrogen and oxygen atoms in total. The first-order chi connectivity index (χ1) is 14.1. The first kappa shape index (κ1) is 17.6. The Morgan fingerprint density at radius 3 is 2.62 bits per heavy atom. The zero-order valence-electron chi connectivity index (χ0n) is 16.4. The minimum atomic E-state index is 0.191. The molecular weight excluding hydrogens is 360 g/mol. The van der Waals surface area contributed by atoms with Gasteiger partial charge in [0.2, 0.25) is 5.91 Å². The van der Waals surface area contributed by atoms with Crippen molar-refractivity contribution in [2.75, 3.05) is 17.2 Å². The predicted octanol–water partition coefficient (Wildman–Crippen LogP) is 4.48. The van der Waals surface area contributed by atoms with E-state index in [9.17, 15) is 4.79 Å². The third-order valence-electron chi connectivity index (χ3n) is 5.82. The molecule has 144 valence electrons. The van der Waals surface area contributed by atoms with Crippen molar-refractivity contribution in [3.05, 3.63) is 66.1 Å². The standard InChI is InChI=1S/C24H22N4O/c1-15-4-9-21-23(15)19(10-11-26-21)17-13-20(24(25)27-14-17)16-5-7-18(8-6-16)28-12-2-3-22(28)29/h4-8,10-11,13-14H,2-3,9,12H2,1H3,(H2,25,27). The molecule has 0 unspecified atom stereocenters. The molecule has 2 aliphatic rings. The lowest BCUT2D eigenvalue weighted by molar-refractivity contribution is -0.117. The summed E-state index contributed by atoms with van der Waals surface area (Å²) in [6, 6.07) is 12.1. The van der Waals surface area contributed by atoms with Gasteiger partial charge in [-0.25, -0.2) is 4.98 Å². The van der Waals surface area contributed by atoms with Gasteiger partial charge in [0.15, 0.2) is 0 Å². The Morgan fingerprint density at radius 1 is 1.03 bits per heavy atom. The molecule has 5 heteroatoms. The molecule has 1 saturated heterocycles. The molecule has 1 amide bonds. The Balaban J connectivity index is 1.54. The first-order valence-corrected chi connectivity index (χ1v) is 9.93. The maximum absolute atomic E-state index is 12.0. The van der Waals surface area contributed by atoms with Crippen molar-refractivity contribution in [1.29, 1.82) is 0 Å². The fraction of sp³-hybridized carbons (Fsp3) is 0.208. The normalized spacial score (nSPS) is 15.6. The monoisotopic (exact) mass is 382 g/mol. The van der Waals surface area contributed by atoms with E-state index in [1.807, 2.05) is 47.6 Å². The third kappa shape index (κ3) is 2.99. The summed E-state index contributed by atoms with van der Waals surface area (Å²) < 4.78 is 0. The van der Waals surface area contributed by atoms with Crippen LogP contribution in [0.25, 0.3) is 27.8 Å². The number of benzene rings is 1. The van der Waals surface area contributed by atoms with Crippen molar-refractivity contribution < 1.29 is 4.79 Å². The second kappa shape index (κ2) is 6.85. The summed E-state index contributed by atoms with van der Waals surface area (Å²) in [5.41, 5.74) is 14.8. The van der Waals surface area contributed by atoms with Crippen LogP contribution in [0.2, 0.25) is 0 Å². The minimum Gasteiger partial charge on any atom is -0.383 e. The topological polar surface area (TPSA) is 72.1 Å². The van der Waals surface area contributed by atoms with E-state index in [4.69, 9.17) is 5.73 Å². The van der Waals surface area contributed by atoms with Crippen molar-refractivity contribution in [3.63, 3.8) is 0 Å². The molecule has 1 aromatic carbocycles. The Labute approximate surface area is 169 Å². The van der Waals surface area contributed by atoms with Crippen molar-refractivity contribution >= 4 is 23.0 Å². The number of pyridine rings is 2. The van der Waals surface area contributed by atoms with E-state index in [1.54, 1.807) is 0 Å². The number of carbonyl (C=O) groups excluding carboxylic acids is 1. The average molecular weight is 382 g/mol. The molecule has 1 aliphatic carbocycles. The molecule has 2 N–H and O–H groups in total. The zero-order chi connectivity index (χ0) is 20.0. The van der Waals surface area contributed by atoms with Gasteiger partial charge < -0.3 is 10.6 Å². The van der Waals surface area contributed by atoms with Gasteiger partial charge in [-0.1, -0.05) is 18.2 Å². The summed E-state index contributed by atoms with van der Waals surface area (Å²) in [5, 5.41) is 0.